The molecular weight excluding hydrogens is 407 g/mol. The van der Waals surface area contributed by atoms with Gasteiger partial charge in [-0.05, 0) is 77.7 Å². The predicted octanol–water partition coefficient (Wildman–Crippen LogP) is 7.67. The van der Waals surface area contributed by atoms with Crippen molar-refractivity contribution in [3.63, 3.8) is 0 Å². The molecule has 0 N–H and O–H groups in total. The molecule has 0 atom stereocenters. The lowest BCUT2D eigenvalue weighted by atomic mass is 9.86. The molecule has 1 saturated heterocycles. The number of hydrogen-bond donors (Lipinski definition) is 0. The molecule has 0 aliphatic carbocycles. The molecule has 3 aromatic rings. The highest BCUT2D eigenvalue weighted by atomic mass is 19.4. The zero-order chi connectivity index (χ0) is 22.7. The van der Waals surface area contributed by atoms with Crippen molar-refractivity contribution in [2.24, 2.45) is 5.92 Å². The van der Waals surface area contributed by atoms with Crippen LogP contribution in [-0.2, 0) is 6.18 Å². The Morgan fingerprint density at radius 3 is 2.06 bits per heavy atom. The van der Waals surface area contributed by atoms with E-state index in [-0.39, 0.29) is 11.5 Å². The number of benzene rings is 3. The van der Waals surface area contributed by atoms with Gasteiger partial charge >= 0.3 is 6.18 Å². The summed E-state index contributed by atoms with van der Waals surface area (Å²) in [4.78, 5) is 2.42. The third-order valence-corrected chi connectivity index (χ3v) is 6.28. The van der Waals surface area contributed by atoms with Gasteiger partial charge in [-0.25, -0.2) is 0 Å². The molecule has 167 valence electrons. The van der Waals surface area contributed by atoms with Gasteiger partial charge in [0.2, 0.25) is 0 Å². The van der Waals surface area contributed by atoms with Crippen LogP contribution in [0.5, 0.6) is 0 Å². The maximum Gasteiger partial charge on any atom is 0.417 e. The molecule has 4 rings (SSSR count). The fourth-order valence-electron chi connectivity index (χ4n) is 4.69. The number of rotatable bonds is 5. The second kappa shape index (κ2) is 9.50. The minimum atomic E-state index is -4.39. The van der Waals surface area contributed by atoms with E-state index >= 15 is 0 Å². The fourth-order valence-corrected chi connectivity index (χ4v) is 4.69. The van der Waals surface area contributed by atoms with Crippen LogP contribution < -0.4 is 0 Å². The summed E-state index contributed by atoms with van der Waals surface area (Å²) in [6.45, 7) is 7.35. The Hall–Kier alpha value is -2.59. The minimum absolute atomic E-state index is 0.186. The number of likely N-dealkylation sites (tertiary alicyclic amines) is 1. The molecule has 0 spiro atoms. The van der Waals surface area contributed by atoms with Gasteiger partial charge in [0.05, 0.1) is 5.56 Å². The highest BCUT2D eigenvalue weighted by Gasteiger charge is 2.35. The van der Waals surface area contributed by atoms with Gasteiger partial charge in [0, 0.05) is 6.54 Å². The molecule has 0 bridgehead atoms. The summed E-state index contributed by atoms with van der Waals surface area (Å²) < 4.78 is 42.1. The first-order valence-corrected chi connectivity index (χ1v) is 11.3. The Balaban J connectivity index is 1.59. The highest BCUT2D eigenvalue weighted by Crippen LogP contribution is 2.40. The lowest BCUT2D eigenvalue weighted by molar-refractivity contribution is -0.137. The Labute approximate surface area is 188 Å². The first-order valence-electron chi connectivity index (χ1n) is 11.3. The average Bonchev–Trinajstić information content (AvgIpc) is 2.79. The summed E-state index contributed by atoms with van der Waals surface area (Å²) in [6.07, 6.45) is -2.57. The second-order valence-electron chi connectivity index (χ2n) is 9.14. The zero-order valence-corrected chi connectivity index (χ0v) is 18.6. The van der Waals surface area contributed by atoms with Gasteiger partial charge in [-0.2, -0.15) is 13.2 Å². The summed E-state index contributed by atoms with van der Waals surface area (Å²) in [5.74, 6) is 0.792. The zero-order valence-electron chi connectivity index (χ0n) is 18.6. The molecule has 3 aromatic carbocycles. The maximum absolute atomic E-state index is 14.0. The van der Waals surface area contributed by atoms with E-state index in [0.717, 1.165) is 49.2 Å². The van der Waals surface area contributed by atoms with Crippen molar-refractivity contribution in [2.75, 3.05) is 19.6 Å². The van der Waals surface area contributed by atoms with Crippen molar-refractivity contribution >= 4 is 0 Å². The lowest BCUT2D eigenvalue weighted by Crippen LogP contribution is -2.35. The Bertz CT molecular complexity index is 1010. The van der Waals surface area contributed by atoms with Crippen LogP contribution in [0.15, 0.2) is 66.7 Å². The quantitative estimate of drug-likeness (QED) is 0.396. The second-order valence-corrected chi connectivity index (χ2v) is 9.14. The molecule has 1 fully saturated rings. The molecule has 4 heteroatoms. The van der Waals surface area contributed by atoms with Crippen molar-refractivity contribution in [1.82, 2.24) is 4.90 Å². The van der Waals surface area contributed by atoms with Gasteiger partial charge in [0.15, 0.2) is 0 Å². The van der Waals surface area contributed by atoms with Gasteiger partial charge in [-0.15, -0.1) is 0 Å². The average molecular weight is 437 g/mol. The third-order valence-electron chi connectivity index (χ3n) is 6.28. The van der Waals surface area contributed by atoms with Crippen LogP contribution in [0.4, 0.5) is 13.2 Å². The summed E-state index contributed by atoms with van der Waals surface area (Å²) in [6, 6.07) is 22.8. The van der Waals surface area contributed by atoms with E-state index in [2.05, 4.69) is 24.8 Å². The van der Waals surface area contributed by atoms with E-state index in [1.54, 1.807) is 18.2 Å². The Morgan fingerprint density at radius 1 is 0.875 bits per heavy atom. The summed E-state index contributed by atoms with van der Waals surface area (Å²) >= 11 is 0. The van der Waals surface area contributed by atoms with E-state index in [1.165, 1.54) is 6.07 Å². The lowest BCUT2D eigenvalue weighted by Gasteiger charge is -2.33. The molecule has 1 nitrogen and oxygen atoms in total. The van der Waals surface area contributed by atoms with Crippen molar-refractivity contribution in [3.05, 3.63) is 83.9 Å². The predicted molar refractivity (Wildman–Crippen MR) is 124 cm³/mol. The number of piperidine rings is 1. The fraction of sp³-hybridized carbons (Fsp3) is 0.357. The molecule has 0 aromatic heterocycles. The van der Waals surface area contributed by atoms with Crippen LogP contribution in [-0.4, -0.2) is 24.5 Å². The molecule has 0 saturated carbocycles. The first kappa shape index (κ1) is 22.6. The molecule has 1 aliphatic rings. The van der Waals surface area contributed by atoms with E-state index < -0.39 is 11.7 Å². The van der Waals surface area contributed by atoms with E-state index in [1.807, 2.05) is 42.5 Å². The first-order chi connectivity index (χ1) is 15.3. The van der Waals surface area contributed by atoms with Crippen LogP contribution >= 0.6 is 0 Å². The normalized spacial score (nSPS) is 15.9. The molecule has 32 heavy (non-hydrogen) atoms. The van der Waals surface area contributed by atoms with Gasteiger partial charge in [0.25, 0.3) is 0 Å². The largest absolute Gasteiger partial charge is 0.417 e. The molecule has 1 aliphatic heterocycles. The standard InChI is InChI=1S/C28H29F3N/c1-20(2)19-32-16-14-23(15-17-32)25-12-13-26(27(18-25)28(29,30)31)24-10-8-22(9-11-24)21-6-4-3-5-7-21/h4-13,18,20,23H,14-17,19H2,1-2H3. The Morgan fingerprint density at radius 2 is 1.47 bits per heavy atom. The Kier molecular flexibility index (Phi) is 6.71. The summed E-state index contributed by atoms with van der Waals surface area (Å²) in [5.41, 5.74) is 3.09. The SMILES string of the molecule is CC(C)CN1CCC(c2ccc(-c3ccc(-c4cc[c]cc4)cc3)c(C(F)(F)F)c2)CC1. The van der Waals surface area contributed by atoms with Crippen molar-refractivity contribution in [1.29, 1.82) is 0 Å². The number of alkyl halides is 3. The van der Waals surface area contributed by atoms with Crippen LogP contribution in [0.25, 0.3) is 22.3 Å². The number of halogens is 3. The van der Waals surface area contributed by atoms with E-state index in [4.69, 9.17) is 0 Å². The van der Waals surface area contributed by atoms with Crippen LogP contribution in [0.2, 0.25) is 0 Å². The molecule has 0 unspecified atom stereocenters. The minimum Gasteiger partial charge on any atom is -0.303 e. The van der Waals surface area contributed by atoms with E-state index in [9.17, 15) is 13.2 Å². The van der Waals surface area contributed by atoms with Gasteiger partial charge in [-0.3, -0.25) is 0 Å². The molecule has 1 radical (unpaired) electrons. The topological polar surface area (TPSA) is 3.24 Å². The maximum atomic E-state index is 14.0. The van der Waals surface area contributed by atoms with Gasteiger partial charge < -0.3 is 4.90 Å². The monoisotopic (exact) mass is 436 g/mol. The van der Waals surface area contributed by atoms with Crippen molar-refractivity contribution in [3.8, 4) is 22.3 Å². The number of nitrogens with zero attached hydrogens (tertiary/aromatic N) is 1. The van der Waals surface area contributed by atoms with Crippen molar-refractivity contribution < 1.29 is 13.2 Å². The van der Waals surface area contributed by atoms with E-state index in [0.29, 0.717) is 11.5 Å². The molecular formula is C28H29F3N. The highest BCUT2D eigenvalue weighted by molar-refractivity contribution is 5.73. The van der Waals surface area contributed by atoms with Gasteiger partial charge in [0.1, 0.15) is 0 Å². The number of hydrogen-bond acceptors (Lipinski definition) is 1. The van der Waals surface area contributed by atoms with Crippen molar-refractivity contribution in [2.45, 2.75) is 38.8 Å². The smallest absolute Gasteiger partial charge is 0.303 e. The van der Waals surface area contributed by atoms with Crippen LogP contribution in [0.1, 0.15) is 43.7 Å². The van der Waals surface area contributed by atoms with Gasteiger partial charge in [-0.1, -0.05) is 74.5 Å². The van der Waals surface area contributed by atoms with Crippen LogP contribution in [0.3, 0.4) is 0 Å². The molecule has 0 amide bonds. The summed E-state index contributed by atoms with van der Waals surface area (Å²) in [5, 5.41) is 0. The molecule has 1 heterocycles. The third kappa shape index (κ3) is 5.24. The summed E-state index contributed by atoms with van der Waals surface area (Å²) in [7, 11) is 0. The van der Waals surface area contributed by atoms with Crippen LogP contribution in [0, 0.1) is 12.0 Å².